The summed E-state index contributed by atoms with van der Waals surface area (Å²) in [5.74, 6) is 1.08. The van der Waals surface area contributed by atoms with Crippen LogP contribution in [0.3, 0.4) is 0 Å². The van der Waals surface area contributed by atoms with E-state index < -0.39 is 0 Å². The van der Waals surface area contributed by atoms with Gasteiger partial charge in [-0.25, -0.2) is 4.98 Å². The third kappa shape index (κ3) is 2.58. The summed E-state index contributed by atoms with van der Waals surface area (Å²) in [5.41, 5.74) is 0. The van der Waals surface area contributed by atoms with E-state index in [2.05, 4.69) is 17.2 Å². The number of hydrogen-bond acceptors (Lipinski definition) is 3. The second kappa shape index (κ2) is 4.77. The summed E-state index contributed by atoms with van der Waals surface area (Å²) in [6, 6.07) is 0.286. The maximum atomic E-state index is 5.56. The zero-order valence-electron chi connectivity index (χ0n) is 9.44. The minimum atomic E-state index is 0.286. The Kier molecular flexibility index (Phi) is 3.38. The topological polar surface area (TPSA) is 39.1 Å². The first-order valence-corrected chi connectivity index (χ1v) is 5.59. The molecule has 4 nitrogen and oxygen atoms in total. The van der Waals surface area contributed by atoms with Crippen LogP contribution in [0, 0.1) is 0 Å². The number of nitrogens with one attached hydrogen (secondary N) is 1. The molecule has 1 aromatic rings. The van der Waals surface area contributed by atoms with E-state index in [4.69, 9.17) is 4.74 Å². The SMILES string of the molecule is CC(NCC1CCCO1)c1nccn1C. The number of hydrogen-bond donors (Lipinski definition) is 1. The highest BCUT2D eigenvalue weighted by molar-refractivity contribution is 4.97. The largest absolute Gasteiger partial charge is 0.377 e. The second-order valence-corrected chi connectivity index (χ2v) is 4.16. The monoisotopic (exact) mass is 209 g/mol. The van der Waals surface area contributed by atoms with Crippen LogP contribution in [0.2, 0.25) is 0 Å². The van der Waals surface area contributed by atoms with Crippen molar-refractivity contribution in [1.82, 2.24) is 14.9 Å². The molecule has 1 saturated heterocycles. The zero-order valence-corrected chi connectivity index (χ0v) is 9.44. The number of aryl methyl sites for hydroxylation is 1. The average molecular weight is 209 g/mol. The van der Waals surface area contributed by atoms with Gasteiger partial charge in [-0.15, -0.1) is 0 Å². The lowest BCUT2D eigenvalue weighted by molar-refractivity contribution is 0.107. The fourth-order valence-electron chi connectivity index (χ4n) is 2.00. The molecule has 4 heteroatoms. The first kappa shape index (κ1) is 10.6. The first-order chi connectivity index (χ1) is 7.27. The molecule has 2 atom stereocenters. The zero-order chi connectivity index (χ0) is 10.7. The minimum Gasteiger partial charge on any atom is -0.377 e. The molecule has 0 radical (unpaired) electrons. The summed E-state index contributed by atoms with van der Waals surface area (Å²) in [6.45, 7) is 3.98. The summed E-state index contributed by atoms with van der Waals surface area (Å²) in [4.78, 5) is 4.32. The molecule has 84 valence electrons. The van der Waals surface area contributed by atoms with Crippen LogP contribution in [0.1, 0.15) is 31.6 Å². The molecule has 2 unspecified atom stereocenters. The summed E-state index contributed by atoms with van der Waals surface area (Å²) in [5, 5.41) is 3.46. The van der Waals surface area contributed by atoms with Gasteiger partial charge >= 0.3 is 0 Å². The highest BCUT2D eigenvalue weighted by Gasteiger charge is 2.17. The van der Waals surface area contributed by atoms with Crippen molar-refractivity contribution in [3.05, 3.63) is 18.2 Å². The van der Waals surface area contributed by atoms with Gasteiger partial charge in [0.15, 0.2) is 0 Å². The van der Waals surface area contributed by atoms with E-state index >= 15 is 0 Å². The third-order valence-electron chi connectivity index (χ3n) is 2.92. The maximum absolute atomic E-state index is 5.56. The molecule has 0 aromatic carbocycles. The summed E-state index contributed by atoms with van der Waals surface area (Å²) < 4.78 is 7.61. The van der Waals surface area contributed by atoms with Gasteiger partial charge in [-0.3, -0.25) is 0 Å². The molecule has 0 aliphatic carbocycles. The van der Waals surface area contributed by atoms with Gasteiger partial charge in [0.25, 0.3) is 0 Å². The minimum absolute atomic E-state index is 0.286. The van der Waals surface area contributed by atoms with Gasteiger partial charge in [0, 0.05) is 32.6 Å². The lowest BCUT2D eigenvalue weighted by Crippen LogP contribution is -2.29. The van der Waals surface area contributed by atoms with Crippen LogP contribution < -0.4 is 5.32 Å². The highest BCUT2D eigenvalue weighted by atomic mass is 16.5. The molecule has 1 aromatic heterocycles. The van der Waals surface area contributed by atoms with E-state index in [1.807, 2.05) is 24.0 Å². The van der Waals surface area contributed by atoms with Crippen LogP contribution in [0.15, 0.2) is 12.4 Å². The smallest absolute Gasteiger partial charge is 0.125 e. The fraction of sp³-hybridized carbons (Fsp3) is 0.727. The van der Waals surface area contributed by atoms with Crippen LogP contribution in [-0.2, 0) is 11.8 Å². The third-order valence-corrected chi connectivity index (χ3v) is 2.92. The van der Waals surface area contributed by atoms with Crippen molar-refractivity contribution in [2.45, 2.75) is 31.9 Å². The van der Waals surface area contributed by atoms with E-state index in [0.717, 1.165) is 19.0 Å². The lowest BCUT2D eigenvalue weighted by Gasteiger charge is -2.16. The van der Waals surface area contributed by atoms with Gasteiger partial charge in [-0.05, 0) is 19.8 Å². The van der Waals surface area contributed by atoms with Crippen LogP contribution in [0.25, 0.3) is 0 Å². The maximum Gasteiger partial charge on any atom is 0.125 e. The number of imidazole rings is 1. The van der Waals surface area contributed by atoms with Crippen molar-refractivity contribution in [2.75, 3.05) is 13.2 Å². The number of rotatable bonds is 4. The number of nitrogens with zero attached hydrogens (tertiary/aromatic N) is 2. The Morgan fingerprint density at radius 2 is 2.60 bits per heavy atom. The van der Waals surface area contributed by atoms with Gasteiger partial charge in [-0.2, -0.15) is 0 Å². The summed E-state index contributed by atoms with van der Waals surface area (Å²) in [7, 11) is 2.02. The standard InChI is InChI=1S/C11H19N3O/c1-9(11-12-5-6-14(11)2)13-8-10-4-3-7-15-10/h5-6,9-10,13H,3-4,7-8H2,1-2H3. The van der Waals surface area contributed by atoms with Gasteiger partial charge in [0.05, 0.1) is 12.1 Å². The molecule has 0 spiro atoms. The molecule has 0 saturated carbocycles. The Morgan fingerprint density at radius 1 is 1.73 bits per heavy atom. The summed E-state index contributed by atoms with van der Waals surface area (Å²) in [6.07, 6.45) is 6.58. The van der Waals surface area contributed by atoms with Crippen molar-refractivity contribution >= 4 is 0 Å². The molecule has 0 bridgehead atoms. The van der Waals surface area contributed by atoms with Gasteiger partial charge in [-0.1, -0.05) is 0 Å². The molecule has 2 heterocycles. The van der Waals surface area contributed by atoms with E-state index in [-0.39, 0.29) is 6.04 Å². The average Bonchev–Trinajstić information content (AvgIpc) is 2.84. The predicted molar refractivity (Wildman–Crippen MR) is 58.6 cm³/mol. The van der Waals surface area contributed by atoms with Gasteiger partial charge < -0.3 is 14.6 Å². The first-order valence-electron chi connectivity index (χ1n) is 5.59. The highest BCUT2D eigenvalue weighted by Crippen LogP contribution is 2.13. The molecule has 1 aliphatic heterocycles. The van der Waals surface area contributed by atoms with Crippen molar-refractivity contribution < 1.29 is 4.74 Å². The molecule has 1 fully saturated rings. The molecular formula is C11H19N3O. The lowest BCUT2D eigenvalue weighted by atomic mass is 10.2. The Morgan fingerprint density at radius 3 is 3.20 bits per heavy atom. The fourth-order valence-corrected chi connectivity index (χ4v) is 2.00. The van der Waals surface area contributed by atoms with Crippen LogP contribution in [-0.4, -0.2) is 28.8 Å². The van der Waals surface area contributed by atoms with Crippen LogP contribution in [0.4, 0.5) is 0 Å². The predicted octanol–water partition coefficient (Wildman–Crippen LogP) is 1.25. The van der Waals surface area contributed by atoms with E-state index in [1.165, 1.54) is 12.8 Å². The Hall–Kier alpha value is -0.870. The Bertz CT molecular complexity index is 305. The second-order valence-electron chi connectivity index (χ2n) is 4.16. The normalized spacial score (nSPS) is 23.2. The Labute approximate surface area is 90.6 Å². The molecule has 15 heavy (non-hydrogen) atoms. The molecule has 1 N–H and O–H groups in total. The van der Waals surface area contributed by atoms with Crippen molar-refractivity contribution in [2.24, 2.45) is 7.05 Å². The van der Waals surface area contributed by atoms with Crippen LogP contribution >= 0.6 is 0 Å². The molecule has 1 aliphatic rings. The number of ether oxygens (including phenoxy) is 1. The van der Waals surface area contributed by atoms with Gasteiger partial charge in [0.1, 0.15) is 5.82 Å². The summed E-state index contributed by atoms with van der Waals surface area (Å²) >= 11 is 0. The van der Waals surface area contributed by atoms with Crippen molar-refractivity contribution in [1.29, 1.82) is 0 Å². The molecule has 0 amide bonds. The van der Waals surface area contributed by atoms with Crippen molar-refractivity contribution in [3.63, 3.8) is 0 Å². The quantitative estimate of drug-likeness (QED) is 0.811. The molecular weight excluding hydrogens is 190 g/mol. The molecule has 2 rings (SSSR count). The Balaban J connectivity index is 1.81. The van der Waals surface area contributed by atoms with Crippen LogP contribution in [0.5, 0.6) is 0 Å². The van der Waals surface area contributed by atoms with Gasteiger partial charge in [0.2, 0.25) is 0 Å². The van der Waals surface area contributed by atoms with E-state index in [1.54, 1.807) is 0 Å². The number of aromatic nitrogens is 2. The van der Waals surface area contributed by atoms with E-state index in [0.29, 0.717) is 6.10 Å². The van der Waals surface area contributed by atoms with Crippen molar-refractivity contribution in [3.8, 4) is 0 Å². The van der Waals surface area contributed by atoms with E-state index in [9.17, 15) is 0 Å².